The van der Waals surface area contributed by atoms with Crippen LogP contribution in [0.15, 0.2) is 55.0 Å². The Morgan fingerprint density at radius 2 is 2.04 bits per heavy atom. The van der Waals surface area contributed by atoms with Crippen molar-refractivity contribution >= 4 is 0 Å². The number of hydrogen-bond donors (Lipinski definition) is 1. The Labute approximate surface area is 159 Å². The number of ether oxygens (including phenoxy) is 1. The topological polar surface area (TPSA) is 59.9 Å². The molecular formula is C22H24N4O. The monoisotopic (exact) mass is 360 g/mol. The highest BCUT2D eigenvalue weighted by Gasteiger charge is 2.22. The van der Waals surface area contributed by atoms with Crippen molar-refractivity contribution in [3.8, 4) is 17.1 Å². The van der Waals surface area contributed by atoms with Gasteiger partial charge in [0.25, 0.3) is 0 Å². The molecule has 3 aromatic rings. The Morgan fingerprint density at radius 1 is 1.15 bits per heavy atom. The van der Waals surface area contributed by atoms with Crippen molar-refractivity contribution in [1.82, 2.24) is 20.3 Å². The molecule has 1 aliphatic rings. The van der Waals surface area contributed by atoms with E-state index in [0.717, 1.165) is 48.6 Å². The molecule has 1 N–H and O–H groups in total. The average molecular weight is 360 g/mol. The van der Waals surface area contributed by atoms with Crippen LogP contribution in [-0.4, -0.2) is 21.6 Å². The lowest BCUT2D eigenvalue weighted by molar-refractivity contribution is 0.340. The first-order chi connectivity index (χ1) is 13.3. The van der Waals surface area contributed by atoms with Gasteiger partial charge in [-0.15, -0.1) is 0 Å². The molecule has 0 fully saturated rings. The normalized spacial score (nSPS) is 16.0. The van der Waals surface area contributed by atoms with Crippen molar-refractivity contribution in [2.24, 2.45) is 0 Å². The van der Waals surface area contributed by atoms with Crippen LogP contribution in [0, 0.1) is 0 Å². The summed E-state index contributed by atoms with van der Waals surface area (Å²) in [5, 5.41) is 3.67. The van der Waals surface area contributed by atoms with Crippen molar-refractivity contribution in [2.75, 3.05) is 6.61 Å². The van der Waals surface area contributed by atoms with E-state index in [2.05, 4.69) is 27.4 Å². The molecule has 1 aromatic carbocycles. The molecule has 27 heavy (non-hydrogen) atoms. The molecular weight excluding hydrogens is 336 g/mol. The smallest absolute Gasteiger partial charge is 0.160 e. The van der Waals surface area contributed by atoms with Gasteiger partial charge in [0.1, 0.15) is 5.75 Å². The molecule has 0 radical (unpaired) electrons. The van der Waals surface area contributed by atoms with Crippen molar-refractivity contribution in [3.63, 3.8) is 0 Å². The molecule has 5 heteroatoms. The summed E-state index contributed by atoms with van der Waals surface area (Å²) >= 11 is 0. The van der Waals surface area contributed by atoms with Crippen LogP contribution < -0.4 is 10.1 Å². The highest BCUT2D eigenvalue weighted by Crippen LogP contribution is 2.29. The molecule has 0 unspecified atom stereocenters. The molecule has 0 saturated heterocycles. The minimum Gasteiger partial charge on any atom is -0.494 e. The summed E-state index contributed by atoms with van der Waals surface area (Å²) in [6, 6.07) is 12.5. The first-order valence-electron chi connectivity index (χ1n) is 9.55. The Morgan fingerprint density at radius 3 is 2.81 bits per heavy atom. The average Bonchev–Trinajstić information content (AvgIpc) is 2.73. The number of nitrogens with zero attached hydrogens (tertiary/aromatic N) is 3. The number of rotatable bonds is 6. The van der Waals surface area contributed by atoms with E-state index in [1.165, 1.54) is 11.1 Å². The summed E-state index contributed by atoms with van der Waals surface area (Å²) in [5.41, 5.74) is 4.59. The van der Waals surface area contributed by atoms with Crippen LogP contribution in [0.4, 0.5) is 0 Å². The number of pyridine rings is 1. The van der Waals surface area contributed by atoms with E-state index < -0.39 is 0 Å². The van der Waals surface area contributed by atoms with Crippen LogP contribution >= 0.6 is 0 Å². The zero-order valence-corrected chi connectivity index (χ0v) is 15.6. The third-order valence-electron chi connectivity index (χ3n) is 4.89. The fourth-order valence-corrected chi connectivity index (χ4v) is 3.50. The SMILES string of the molecule is CCOc1ccc(CN[C@@H]2CCCc3nc(-c4cccnc4)ncc32)cc1. The van der Waals surface area contributed by atoms with Gasteiger partial charge in [-0.25, -0.2) is 9.97 Å². The van der Waals surface area contributed by atoms with Gasteiger partial charge in [0.2, 0.25) is 0 Å². The van der Waals surface area contributed by atoms with Gasteiger partial charge in [0, 0.05) is 48.0 Å². The van der Waals surface area contributed by atoms with Crippen LogP contribution in [0.3, 0.4) is 0 Å². The number of hydrogen-bond acceptors (Lipinski definition) is 5. The second-order valence-electron chi connectivity index (χ2n) is 6.74. The minimum absolute atomic E-state index is 0.295. The largest absolute Gasteiger partial charge is 0.494 e. The van der Waals surface area contributed by atoms with E-state index in [4.69, 9.17) is 9.72 Å². The van der Waals surface area contributed by atoms with Gasteiger partial charge in [-0.2, -0.15) is 0 Å². The molecule has 5 nitrogen and oxygen atoms in total. The van der Waals surface area contributed by atoms with Crippen molar-refractivity contribution in [2.45, 2.75) is 38.8 Å². The summed E-state index contributed by atoms with van der Waals surface area (Å²) in [5.74, 6) is 1.68. The molecule has 0 spiro atoms. The number of benzene rings is 1. The van der Waals surface area contributed by atoms with Gasteiger partial charge < -0.3 is 10.1 Å². The molecule has 138 valence electrons. The van der Waals surface area contributed by atoms with Gasteiger partial charge in [-0.1, -0.05) is 12.1 Å². The summed E-state index contributed by atoms with van der Waals surface area (Å²) < 4.78 is 5.51. The van der Waals surface area contributed by atoms with E-state index in [1.54, 1.807) is 6.20 Å². The molecule has 4 rings (SSSR count). The third-order valence-corrected chi connectivity index (χ3v) is 4.89. The Balaban J connectivity index is 1.46. The predicted octanol–water partition coefficient (Wildman–Crippen LogP) is 4.10. The Bertz CT molecular complexity index is 881. The predicted molar refractivity (Wildman–Crippen MR) is 105 cm³/mol. The molecule has 1 atom stereocenters. The second-order valence-corrected chi connectivity index (χ2v) is 6.74. The number of aromatic nitrogens is 3. The highest BCUT2D eigenvalue weighted by molar-refractivity contribution is 5.53. The van der Waals surface area contributed by atoms with Gasteiger partial charge in [0.15, 0.2) is 5.82 Å². The van der Waals surface area contributed by atoms with E-state index >= 15 is 0 Å². The zero-order valence-electron chi connectivity index (χ0n) is 15.6. The van der Waals surface area contributed by atoms with Crippen molar-refractivity contribution in [1.29, 1.82) is 0 Å². The Kier molecular flexibility index (Phi) is 5.39. The van der Waals surface area contributed by atoms with Crippen LogP contribution in [0.5, 0.6) is 5.75 Å². The Hall–Kier alpha value is -2.79. The van der Waals surface area contributed by atoms with Crippen LogP contribution in [0.1, 0.15) is 42.6 Å². The molecule has 0 aliphatic heterocycles. The van der Waals surface area contributed by atoms with E-state index in [-0.39, 0.29) is 0 Å². The third kappa shape index (κ3) is 4.14. The fraction of sp³-hybridized carbons (Fsp3) is 0.318. The lowest BCUT2D eigenvalue weighted by atomic mass is 9.92. The summed E-state index contributed by atoms with van der Waals surface area (Å²) in [4.78, 5) is 13.6. The summed E-state index contributed by atoms with van der Waals surface area (Å²) in [6.45, 7) is 3.51. The quantitative estimate of drug-likeness (QED) is 0.717. The first-order valence-corrected chi connectivity index (χ1v) is 9.55. The van der Waals surface area contributed by atoms with Gasteiger partial charge in [0.05, 0.1) is 6.61 Å². The lowest BCUT2D eigenvalue weighted by Gasteiger charge is -2.26. The second kappa shape index (κ2) is 8.27. The van der Waals surface area contributed by atoms with Crippen LogP contribution in [-0.2, 0) is 13.0 Å². The maximum Gasteiger partial charge on any atom is 0.160 e. The lowest BCUT2D eigenvalue weighted by Crippen LogP contribution is -2.26. The van der Waals surface area contributed by atoms with Gasteiger partial charge >= 0.3 is 0 Å². The molecule has 0 amide bonds. The first kappa shape index (κ1) is 17.6. The molecule has 0 saturated carbocycles. The van der Waals surface area contributed by atoms with Gasteiger partial charge in [-0.3, -0.25) is 4.98 Å². The number of fused-ring (bicyclic) bond motifs is 1. The van der Waals surface area contributed by atoms with E-state index in [1.807, 2.05) is 43.6 Å². The van der Waals surface area contributed by atoms with Gasteiger partial charge in [-0.05, 0) is 56.0 Å². The molecule has 1 aliphatic carbocycles. The van der Waals surface area contributed by atoms with Crippen molar-refractivity contribution in [3.05, 3.63) is 71.8 Å². The maximum atomic E-state index is 5.51. The summed E-state index contributed by atoms with van der Waals surface area (Å²) in [7, 11) is 0. The minimum atomic E-state index is 0.295. The molecule has 2 heterocycles. The fourth-order valence-electron chi connectivity index (χ4n) is 3.50. The van der Waals surface area contributed by atoms with E-state index in [0.29, 0.717) is 12.6 Å². The summed E-state index contributed by atoms with van der Waals surface area (Å²) in [6.07, 6.45) is 8.82. The zero-order chi connectivity index (χ0) is 18.5. The molecule has 2 aromatic heterocycles. The maximum absolute atomic E-state index is 5.51. The van der Waals surface area contributed by atoms with Crippen molar-refractivity contribution < 1.29 is 4.74 Å². The number of aryl methyl sites for hydroxylation is 1. The van der Waals surface area contributed by atoms with Crippen LogP contribution in [0.25, 0.3) is 11.4 Å². The molecule has 0 bridgehead atoms. The standard InChI is InChI=1S/C22H24N4O/c1-2-27-18-10-8-16(9-11-18)13-24-20-6-3-7-21-19(20)15-25-22(26-21)17-5-4-12-23-14-17/h4-5,8-12,14-15,20,24H,2-3,6-7,13H2,1H3/t20-/m1/s1. The van der Waals surface area contributed by atoms with E-state index in [9.17, 15) is 0 Å². The van der Waals surface area contributed by atoms with Crippen LogP contribution in [0.2, 0.25) is 0 Å². The highest BCUT2D eigenvalue weighted by atomic mass is 16.5. The number of nitrogens with one attached hydrogen (secondary N) is 1.